The normalized spacial score (nSPS) is 18.6. The van der Waals surface area contributed by atoms with Crippen molar-refractivity contribution in [2.24, 2.45) is 0 Å². The van der Waals surface area contributed by atoms with Gasteiger partial charge in [0.2, 0.25) is 0 Å². The molecule has 0 spiro atoms. The molecule has 1 aromatic heterocycles. The number of aromatic nitrogens is 1. The minimum Gasteiger partial charge on any atom is -0.494 e. The fourth-order valence-corrected chi connectivity index (χ4v) is 6.24. The van der Waals surface area contributed by atoms with Gasteiger partial charge in [0.1, 0.15) is 11.6 Å². The lowest BCUT2D eigenvalue weighted by atomic mass is 9.93. The zero-order valence-corrected chi connectivity index (χ0v) is 24.1. The zero-order chi connectivity index (χ0) is 26.4. The zero-order valence-electron chi connectivity index (χ0n) is 21.4. The number of benzene rings is 3. The van der Waals surface area contributed by atoms with E-state index in [1.165, 1.54) is 6.07 Å². The number of rotatable bonds is 7. The molecule has 38 heavy (non-hydrogen) atoms. The third-order valence-corrected chi connectivity index (χ3v) is 9.13. The molecular formula is C30H29ClFN3O2Si. The standard InChI is InChI=1S/C30H29ClFN3O2Si/c1-17-4-6-20(37-29(38)26-8-12-34-26)16-22(17)28(36)35-30(9-10-30)23-13-19(15-27-21(23)3-2-11-33-27)18-5-7-25(32)24(31)14-18/h2-7,11,13-16,26,29,34H,8-10,12H2,1,38H3,(H,35,36)/t26-,29-/m0/s1. The van der Waals surface area contributed by atoms with Gasteiger partial charge in [-0.15, -0.1) is 0 Å². The number of amides is 1. The summed E-state index contributed by atoms with van der Waals surface area (Å²) in [6.45, 7) is 2.98. The number of aryl methyl sites for hydroxylation is 1. The number of pyridine rings is 1. The quantitative estimate of drug-likeness (QED) is 0.326. The molecular weight excluding hydrogens is 517 g/mol. The topological polar surface area (TPSA) is 63.2 Å². The van der Waals surface area contributed by atoms with Crippen LogP contribution in [-0.2, 0) is 5.54 Å². The van der Waals surface area contributed by atoms with Crippen LogP contribution in [0.15, 0.2) is 66.9 Å². The van der Waals surface area contributed by atoms with Crippen LogP contribution in [0.25, 0.3) is 22.0 Å². The number of hydrogen-bond acceptors (Lipinski definition) is 4. The maximum Gasteiger partial charge on any atom is 0.252 e. The number of fused-ring (bicyclic) bond motifs is 1. The van der Waals surface area contributed by atoms with Crippen molar-refractivity contribution >= 4 is 38.7 Å². The van der Waals surface area contributed by atoms with Gasteiger partial charge in [-0.2, -0.15) is 0 Å². The van der Waals surface area contributed by atoms with Gasteiger partial charge in [0.15, 0.2) is 0 Å². The Bertz CT molecular complexity index is 1550. The van der Waals surface area contributed by atoms with Gasteiger partial charge < -0.3 is 15.4 Å². The van der Waals surface area contributed by atoms with Crippen LogP contribution in [0.1, 0.15) is 40.7 Å². The van der Waals surface area contributed by atoms with E-state index in [1.807, 2.05) is 43.3 Å². The molecule has 6 rings (SSSR count). The first kappa shape index (κ1) is 25.0. The first-order valence-electron chi connectivity index (χ1n) is 13.0. The van der Waals surface area contributed by atoms with E-state index in [0.29, 0.717) is 11.6 Å². The first-order chi connectivity index (χ1) is 18.3. The lowest BCUT2D eigenvalue weighted by Gasteiger charge is -2.33. The van der Waals surface area contributed by atoms with Crippen molar-refractivity contribution in [1.29, 1.82) is 0 Å². The number of hydrogen-bond donors (Lipinski definition) is 2. The summed E-state index contributed by atoms with van der Waals surface area (Å²) in [6.07, 6.45) is 4.52. The SMILES string of the molecule is Cc1ccc(O[C@@H]([SiH3])[C@@H]2CCN2)cc1C(=O)NC1(c2cc(-c3ccc(F)c(Cl)c3)cc3ncccc23)CC1. The molecule has 2 fully saturated rings. The summed E-state index contributed by atoms with van der Waals surface area (Å²) < 4.78 is 20.0. The fraction of sp³-hybridized carbons (Fsp3) is 0.267. The van der Waals surface area contributed by atoms with Crippen LogP contribution in [0.4, 0.5) is 4.39 Å². The van der Waals surface area contributed by atoms with Crippen molar-refractivity contribution in [3.8, 4) is 16.9 Å². The van der Waals surface area contributed by atoms with Gasteiger partial charge in [0, 0.05) is 23.2 Å². The molecule has 194 valence electrons. The molecule has 1 aliphatic carbocycles. The molecule has 2 N–H and O–H groups in total. The van der Waals surface area contributed by atoms with Crippen LogP contribution < -0.4 is 15.4 Å². The maximum absolute atomic E-state index is 13.8. The second kappa shape index (κ2) is 9.80. The molecule has 0 bridgehead atoms. The van der Waals surface area contributed by atoms with Crippen molar-refractivity contribution in [2.75, 3.05) is 6.54 Å². The molecule has 4 aromatic rings. The Balaban J connectivity index is 1.33. The molecule has 1 amide bonds. The van der Waals surface area contributed by atoms with E-state index in [1.54, 1.807) is 18.3 Å². The predicted octanol–water partition coefficient (Wildman–Crippen LogP) is 4.85. The maximum atomic E-state index is 13.8. The van der Waals surface area contributed by atoms with Crippen molar-refractivity contribution in [1.82, 2.24) is 15.6 Å². The Labute approximate surface area is 229 Å². The minimum absolute atomic E-state index is 0.0715. The van der Waals surface area contributed by atoms with Crippen molar-refractivity contribution < 1.29 is 13.9 Å². The summed E-state index contributed by atoms with van der Waals surface area (Å²) in [6, 6.07) is 18.9. The first-order valence-corrected chi connectivity index (χ1v) is 14.5. The molecule has 3 aromatic carbocycles. The highest BCUT2D eigenvalue weighted by Crippen LogP contribution is 2.49. The van der Waals surface area contributed by atoms with Crippen molar-refractivity contribution in [3.05, 3.63) is 94.4 Å². The average Bonchev–Trinajstić information content (AvgIpc) is 3.65. The number of carbonyl (C=O) groups is 1. The van der Waals surface area contributed by atoms with E-state index in [9.17, 15) is 9.18 Å². The van der Waals surface area contributed by atoms with Crippen LogP contribution in [0.3, 0.4) is 0 Å². The number of ether oxygens (including phenoxy) is 1. The van der Waals surface area contributed by atoms with Gasteiger partial charge in [0.05, 0.1) is 32.0 Å². The van der Waals surface area contributed by atoms with Crippen LogP contribution in [0.2, 0.25) is 5.02 Å². The molecule has 1 aliphatic heterocycles. The molecule has 2 heterocycles. The summed E-state index contributed by atoms with van der Waals surface area (Å²) in [4.78, 5) is 18.2. The summed E-state index contributed by atoms with van der Waals surface area (Å²) in [5.41, 5.74) is 4.68. The Kier molecular flexibility index (Phi) is 6.46. The summed E-state index contributed by atoms with van der Waals surface area (Å²) in [7, 11) is 0.906. The van der Waals surface area contributed by atoms with Crippen molar-refractivity contribution in [3.63, 3.8) is 0 Å². The minimum atomic E-state index is -0.502. The van der Waals surface area contributed by atoms with Crippen LogP contribution in [0, 0.1) is 12.7 Å². The number of carbonyl (C=O) groups excluding carboxylic acids is 1. The Morgan fingerprint density at radius 2 is 2.00 bits per heavy atom. The second-order valence-corrected chi connectivity index (χ2v) is 12.0. The Morgan fingerprint density at radius 1 is 1.18 bits per heavy atom. The van der Waals surface area contributed by atoms with Crippen LogP contribution in [-0.4, -0.2) is 39.4 Å². The molecule has 8 heteroatoms. The number of halogens is 2. The Hall–Kier alpha value is -3.26. The van der Waals surface area contributed by atoms with Gasteiger partial charge in [0.25, 0.3) is 5.91 Å². The van der Waals surface area contributed by atoms with E-state index in [-0.39, 0.29) is 16.7 Å². The number of nitrogens with one attached hydrogen (secondary N) is 2. The van der Waals surface area contributed by atoms with Gasteiger partial charge in [-0.3, -0.25) is 9.78 Å². The largest absolute Gasteiger partial charge is 0.494 e. The average molecular weight is 546 g/mol. The molecule has 5 nitrogen and oxygen atoms in total. The number of nitrogens with zero attached hydrogens (tertiary/aromatic N) is 1. The van der Waals surface area contributed by atoms with Gasteiger partial charge in [-0.1, -0.05) is 29.8 Å². The van der Waals surface area contributed by atoms with Crippen LogP contribution in [0.5, 0.6) is 5.75 Å². The molecule has 1 saturated carbocycles. The van der Waals surface area contributed by atoms with E-state index in [4.69, 9.17) is 16.3 Å². The van der Waals surface area contributed by atoms with Gasteiger partial charge in [-0.05, 0) is 97.4 Å². The second-order valence-electron chi connectivity index (χ2n) is 10.4. The Morgan fingerprint density at radius 3 is 2.71 bits per heavy atom. The highest BCUT2D eigenvalue weighted by atomic mass is 35.5. The summed E-state index contributed by atoms with van der Waals surface area (Å²) in [5.74, 6) is 0.149. The summed E-state index contributed by atoms with van der Waals surface area (Å²) >= 11 is 6.09. The predicted molar refractivity (Wildman–Crippen MR) is 152 cm³/mol. The third-order valence-electron chi connectivity index (χ3n) is 7.80. The highest BCUT2D eigenvalue weighted by Gasteiger charge is 2.47. The fourth-order valence-electron chi connectivity index (χ4n) is 5.22. The van der Waals surface area contributed by atoms with Gasteiger partial charge in [-0.25, -0.2) is 4.39 Å². The molecule has 1 saturated heterocycles. The van der Waals surface area contributed by atoms with E-state index < -0.39 is 11.4 Å². The lowest BCUT2D eigenvalue weighted by molar-refractivity contribution is 0.0929. The lowest BCUT2D eigenvalue weighted by Crippen LogP contribution is -2.53. The summed E-state index contributed by atoms with van der Waals surface area (Å²) in [5, 5.41) is 7.81. The van der Waals surface area contributed by atoms with E-state index in [2.05, 4.69) is 21.7 Å². The smallest absolute Gasteiger partial charge is 0.252 e. The highest BCUT2D eigenvalue weighted by molar-refractivity contribution is 6.31. The molecule has 2 aliphatic rings. The molecule has 2 atom stereocenters. The van der Waals surface area contributed by atoms with Crippen molar-refractivity contribution in [2.45, 2.75) is 43.5 Å². The molecule has 0 unspecified atom stereocenters. The van der Waals surface area contributed by atoms with E-state index in [0.717, 1.165) is 75.0 Å². The third kappa shape index (κ3) is 4.70. The van der Waals surface area contributed by atoms with Gasteiger partial charge >= 0.3 is 0 Å². The van der Waals surface area contributed by atoms with E-state index >= 15 is 0 Å². The monoisotopic (exact) mass is 545 g/mol. The van der Waals surface area contributed by atoms with Crippen LogP contribution >= 0.6 is 11.6 Å². The molecule has 0 radical (unpaired) electrons.